The first-order chi connectivity index (χ1) is 17.6. The van der Waals surface area contributed by atoms with Crippen LogP contribution in [0.15, 0.2) is 42.7 Å². The molecule has 9 nitrogen and oxygen atoms in total. The summed E-state index contributed by atoms with van der Waals surface area (Å²) < 4.78 is 55.6. The van der Waals surface area contributed by atoms with Crippen LogP contribution < -0.4 is 16.0 Å². The average molecular weight is 582 g/mol. The van der Waals surface area contributed by atoms with Crippen molar-refractivity contribution in [1.82, 2.24) is 19.5 Å². The van der Waals surface area contributed by atoms with Gasteiger partial charge in [-0.25, -0.2) is 14.4 Å². The highest BCUT2D eigenvalue weighted by Crippen LogP contribution is 2.40. The summed E-state index contributed by atoms with van der Waals surface area (Å²) in [5.41, 5.74) is 0.0106. The Labute approximate surface area is 216 Å². The summed E-state index contributed by atoms with van der Waals surface area (Å²) in [5.74, 6) is -1.07. The van der Waals surface area contributed by atoms with Crippen molar-refractivity contribution < 1.29 is 27.5 Å². The lowest BCUT2D eigenvalue weighted by Crippen LogP contribution is -2.13. The molecule has 194 valence electrons. The Bertz CT molecular complexity index is 1440. The van der Waals surface area contributed by atoms with Crippen LogP contribution >= 0.6 is 15.9 Å². The first-order valence-corrected chi connectivity index (χ1v) is 11.9. The number of aromatic nitrogens is 4. The van der Waals surface area contributed by atoms with E-state index < -0.39 is 24.2 Å². The van der Waals surface area contributed by atoms with Crippen molar-refractivity contribution in [1.29, 1.82) is 0 Å². The zero-order chi connectivity index (χ0) is 26.7. The van der Waals surface area contributed by atoms with Gasteiger partial charge in [-0.3, -0.25) is 4.79 Å². The molecule has 0 fully saturated rings. The second-order valence-electron chi connectivity index (χ2n) is 7.80. The number of amides is 1. The third-order valence-electron chi connectivity index (χ3n) is 5.40. The molecule has 37 heavy (non-hydrogen) atoms. The number of pyridine rings is 1. The number of anilines is 5. The highest BCUT2D eigenvalue weighted by atomic mass is 79.9. The highest BCUT2D eigenvalue weighted by molar-refractivity contribution is 9.09. The maximum Gasteiger partial charge on any atom is 0.421 e. The summed E-state index contributed by atoms with van der Waals surface area (Å²) in [6.07, 6.45) is -2.79. The highest BCUT2D eigenvalue weighted by Gasteiger charge is 2.35. The molecule has 0 saturated carbocycles. The van der Waals surface area contributed by atoms with Gasteiger partial charge in [0.25, 0.3) is 0 Å². The number of carbonyl (C=O) groups is 1. The predicted molar refractivity (Wildman–Crippen MR) is 135 cm³/mol. The molecule has 4 rings (SSSR count). The van der Waals surface area contributed by atoms with E-state index in [9.17, 15) is 27.5 Å². The van der Waals surface area contributed by atoms with E-state index in [1.165, 1.54) is 22.9 Å². The summed E-state index contributed by atoms with van der Waals surface area (Å²) in [6.45, 7) is 0.848. The number of halogens is 5. The first kappa shape index (κ1) is 26.1. The molecule has 0 radical (unpaired) electrons. The van der Waals surface area contributed by atoms with Gasteiger partial charge < -0.3 is 25.6 Å². The number of nitrogens with one attached hydrogen (secondary N) is 3. The zero-order valence-corrected chi connectivity index (χ0v) is 20.8. The SMILES string of the molecule is Cc1c2cccc(Nc3nc(Nc4ccc(NC(=O)CBr)cn4)ncc3C(F)(F)F)c2c(O)n1CCF. The standard InChI is InChI=1S/C23H20BrF4N7O2/c1-12-14-3-2-4-16(19(14)21(37)35(12)8-7-25)32-20-15(23(26,27)28)11-30-22(34-20)33-17-6-5-13(10-29-17)31-18(36)9-24/h2-6,10-11,37H,7-9H2,1H3,(H,31,36)(H2,29,30,32,33,34). The lowest BCUT2D eigenvalue weighted by molar-refractivity contribution is -0.137. The van der Waals surface area contributed by atoms with Crippen LogP contribution in [-0.2, 0) is 17.5 Å². The van der Waals surface area contributed by atoms with E-state index in [4.69, 9.17) is 0 Å². The maximum absolute atomic E-state index is 13.8. The lowest BCUT2D eigenvalue weighted by atomic mass is 10.1. The molecule has 0 aliphatic carbocycles. The number of aromatic hydroxyl groups is 1. The molecule has 0 atom stereocenters. The number of fused-ring (bicyclic) bond motifs is 1. The molecule has 0 spiro atoms. The maximum atomic E-state index is 13.8. The number of rotatable bonds is 8. The summed E-state index contributed by atoms with van der Waals surface area (Å²) >= 11 is 3.03. The minimum absolute atomic E-state index is 0.104. The quantitative estimate of drug-likeness (QED) is 0.157. The van der Waals surface area contributed by atoms with E-state index in [1.807, 2.05) is 0 Å². The van der Waals surface area contributed by atoms with Gasteiger partial charge in [0.2, 0.25) is 17.7 Å². The van der Waals surface area contributed by atoms with Gasteiger partial charge in [0, 0.05) is 17.3 Å². The van der Waals surface area contributed by atoms with Crippen molar-refractivity contribution in [3.63, 3.8) is 0 Å². The van der Waals surface area contributed by atoms with Gasteiger partial charge in [-0.15, -0.1) is 0 Å². The first-order valence-electron chi connectivity index (χ1n) is 10.8. The van der Waals surface area contributed by atoms with Crippen molar-refractivity contribution in [2.24, 2.45) is 0 Å². The van der Waals surface area contributed by atoms with Crippen LogP contribution in [0, 0.1) is 6.92 Å². The summed E-state index contributed by atoms with van der Waals surface area (Å²) in [7, 11) is 0. The molecule has 1 aromatic carbocycles. The molecule has 4 N–H and O–H groups in total. The fraction of sp³-hybridized carbons (Fsp3) is 0.217. The van der Waals surface area contributed by atoms with E-state index in [1.54, 1.807) is 25.1 Å². The molecule has 0 aliphatic heterocycles. The number of hydrogen-bond acceptors (Lipinski definition) is 7. The Balaban J connectivity index is 1.69. The van der Waals surface area contributed by atoms with Crippen molar-refractivity contribution in [2.75, 3.05) is 28.0 Å². The molecular weight excluding hydrogens is 562 g/mol. The normalized spacial score (nSPS) is 11.5. The van der Waals surface area contributed by atoms with Gasteiger partial charge in [0.05, 0.1) is 34.8 Å². The minimum Gasteiger partial charge on any atom is -0.494 e. The Kier molecular flexibility index (Phi) is 7.47. The van der Waals surface area contributed by atoms with Crippen LogP contribution in [0.5, 0.6) is 5.88 Å². The molecule has 3 heterocycles. The molecule has 1 amide bonds. The van der Waals surface area contributed by atoms with Gasteiger partial charge in [-0.1, -0.05) is 28.1 Å². The number of aryl methyl sites for hydroxylation is 1. The van der Waals surface area contributed by atoms with E-state index in [2.05, 4.69) is 46.8 Å². The summed E-state index contributed by atoms with van der Waals surface area (Å²) in [4.78, 5) is 23.3. The van der Waals surface area contributed by atoms with Crippen LogP contribution in [0.3, 0.4) is 0 Å². The zero-order valence-electron chi connectivity index (χ0n) is 19.2. The number of carbonyl (C=O) groups excluding carboxylic acids is 1. The number of hydrogen-bond donors (Lipinski definition) is 4. The van der Waals surface area contributed by atoms with Crippen LogP contribution in [-0.4, -0.2) is 42.5 Å². The topological polar surface area (TPSA) is 117 Å². The molecule has 3 aromatic heterocycles. The van der Waals surface area contributed by atoms with Gasteiger partial charge in [-0.05, 0) is 25.1 Å². The van der Waals surface area contributed by atoms with Gasteiger partial charge >= 0.3 is 6.18 Å². The van der Waals surface area contributed by atoms with E-state index >= 15 is 0 Å². The second-order valence-corrected chi connectivity index (χ2v) is 8.36. The monoisotopic (exact) mass is 581 g/mol. The van der Waals surface area contributed by atoms with E-state index in [-0.39, 0.29) is 46.5 Å². The van der Waals surface area contributed by atoms with Crippen molar-refractivity contribution in [3.8, 4) is 5.88 Å². The largest absolute Gasteiger partial charge is 0.494 e. The van der Waals surface area contributed by atoms with Crippen LogP contribution in [0.25, 0.3) is 10.8 Å². The fourth-order valence-corrected chi connectivity index (χ4v) is 3.86. The smallest absolute Gasteiger partial charge is 0.421 e. The van der Waals surface area contributed by atoms with Crippen LogP contribution in [0.1, 0.15) is 11.3 Å². The molecule has 0 unspecified atom stereocenters. The molecule has 4 aromatic rings. The Morgan fingerprint density at radius 1 is 1.14 bits per heavy atom. The summed E-state index contributed by atoms with van der Waals surface area (Å²) in [6, 6.07) is 7.81. The Hall–Kier alpha value is -3.94. The van der Waals surface area contributed by atoms with Crippen molar-refractivity contribution in [2.45, 2.75) is 19.6 Å². The predicted octanol–water partition coefficient (Wildman–Crippen LogP) is 5.65. The minimum atomic E-state index is -4.78. The van der Waals surface area contributed by atoms with Crippen molar-refractivity contribution >= 4 is 61.6 Å². The lowest BCUT2D eigenvalue weighted by Gasteiger charge is -2.15. The average Bonchev–Trinajstić information content (AvgIpc) is 3.10. The molecule has 0 aliphatic rings. The molecule has 14 heteroatoms. The van der Waals surface area contributed by atoms with Gasteiger partial charge in [-0.2, -0.15) is 18.2 Å². The molecule has 0 bridgehead atoms. The van der Waals surface area contributed by atoms with Crippen LogP contribution in [0.2, 0.25) is 0 Å². The van der Waals surface area contributed by atoms with Crippen LogP contribution in [0.4, 0.5) is 46.5 Å². The summed E-state index contributed by atoms with van der Waals surface area (Å²) in [5, 5.41) is 19.5. The molecule has 0 saturated heterocycles. The van der Waals surface area contributed by atoms with E-state index in [0.717, 1.165) is 0 Å². The third-order valence-corrected chi connectivity index (χ3v) is 5.91. The molecular formula is C23H20BrF4N7O2. The fourth-order valence-electron chi connectivity index (χ4n) is 3.72. The Morgan fingerprint density at radius 2 is 1.92 bits per heavy atom. The van der Waals surface area contributed by atoms with Crippen molar-refractivity contribution in [3.05, 3.63) is 54.0 Å². The van der Waals surface area contributed by atoms with Gasteiger partial charge in [0.1, 0.15) is 23.9 Å². The number of alkyl halides is 5. The number of nitrogens with zero attached hydrogens (tertiary/aromatic N) is 4. The van der Waals surface area contributed by atoms with E-state index in [0.29, 0.717) is 23.0 Å². The Morgan fingerprint density at radius 3 is 2.57 bits per heavy atom. The third kappa shape index (κ3) is 5.58. The second kappa shape index (κ2) is 10.6. The number of benzene rings is 1. The van der Waals surface area contributed by atoms with Gasteiger partial charge in [0.15, 0.2) is 0 Å².